The summed E-state index contributed by atoms with van der Waals surface area (Å²) in [5.74, 6) is 0.381. The number of phenols is 1. The van der Waals surface area contributed by atoms with E-state index in [0.29, 0.717) is 5.75 Å². The van der Waals surface area contributed by atoms with Crippen LogP contribution in [0.3, 0.4) is 0 Å². The van der Waals surface area contributed by atoms with E-state index in [1.54, 1.807) is 0 Å². The van der Waals surface area contributed by atoms with Crippen LogP contribution in [0.4, 0.5) is 0 Å². The fraction of sp³-hybridized carbons (Fsp3) is 0.500. The third-order valence-corrected chi connectivity index (χ3v) is 3.90. The van der Waals surface area contributed by atoms with Crippen LogP contribution >= 0.6 is 15.9 Å². The minimum atomic E-state index is -0.0715. The second-order valence-corrected chi connectivity index (χ2v) is 5.30. The molecule has 1 aromatic carbocycles. The van der Waals surface area contributed by atoms with Crippen LogP contribution in [0.15, 0.2) is 16.6 Å². The normalized spacial score (nSPS) is 25.8. The lowest BCUT2D eigenvalue weighted by molar-refractivity contribution is 0.391. The van der Waals surface area contributed by atoms with Gasteiger partial charge in [0.2, 0.25) is 0 Å². The van der Waals surface area contributed by atoms with Gasteiger partial charge in [-0.15, -0.1) is 0 Å². The van der Waals surface area contributed by atoms with E-state index in [1.165, 1.54) is 6.42 Å². The molecule has 0 aromatic heterocycles. The zero-order valence-electron chi connectivity index (χ0n) is 9.10. The van der Waals surface area contributed by atoms with Crippen LogP contribution < -0.4 is 5.32 Å². The second-order valence-electron chi connectivity index (χ2n) is 4.45. The highest BCUT2D eigenvalue weighted by Gasteiger charge is 2.34. The van der Waals surface area contributed by atoms with Crippen molar-refractivity contribution in [3.05, 3.63) is 27.7 Å². The SMILES string of the molecule is Cc1ccc(Br)c(O)c1C1(C)CCCN1. The molecular formula is C12H16BrNO. The van der Waals surface area contributed by atoms with Crippen molar-refractivity contribution in [2.75, 3.05) is 6.54 Å². The molecule has 15 heavy (non-hydrogen) atoms. The fourth-order valence-corrected chi connectivity index (χ4v) is 2.80. The molecule has 1 heterocycles. The van der Waals surface area contributed by atoms with E-state index in [4.69, 9.17) is 0 Å². The van der Waals surface area contributed by atoms with Gasteiger partial charge in [0.25, 0.3) is 0 Å². The van der Waals surface area contributed by atoms with Crippen molar-refractivity contribution in [2.24, 2.45) is 0 Å². The summed E-state index contributed by atoms with van der Waals surface area (Å²) in [5, 5.41) is 13.6. The Labute approximate surface area is 98.8 Å². The quantitative estimate of drug-likeness (QED) is 0.822. The van der Waals surface area contributed by atoms with E-state index in [-0.39, 0.29) is 5.54 Å². The zero-order valence-corrected chi connectivity index (χ0v) is 10.7. The van der Waals surface area contributed by atoms with E-state index in [1.807, 2.05) is 19.1 Å². The monoisotopic (exact) mass is 269 g/mol. The molecule has 1 aliphatic rings. The van der Waals surface area contributed by atoms with Gasteiger partial charge >= 0.3 is 0 Å². The first kappa shape index (κ1) is 11.0. The van der Waals surface area contributed by atoms with Gasteiger partial charge < -0.3 is 10.4 Å². The van der Waals surface area contributed by atoms with Gasteiger partial charge in [-0.1, -0.05) is 6.07 Å². The molecule has 1 unspecified atom stereocenters. The zero-order chi connectivity index (χ0) is 11.1. The molecule has 3 heteroatoms. The molecule has 1 atom stereocenters. The summed E-state index contributed by atoms with van der Waals surface area (Å²) >= 11 is 3.37. The predicted octanol–water partition coefficient (Wildman–Crippen LogP) is 3.06. The maximum Gasteiger partial charge on any atom is 0.135 e. The number of aryl methyl sites for hydroxylation is 1. The lowest BCUT2D eigenvalue weighted by atomic mass is 9.86. The molecule has 2 rings (SSSR count). The van der Waals surface area contributed by atoms with E-state index in [2.05, 4.69) is 28.2 Å². The number of hydrogen-bond acceptors (Lipinski definition) is 2. The number of phenolic OH excluding ortho intramolecular Hbond substituents is 1. The summed E-state index contributed by atoms with van der Waals surface area (Å²) in [7, 11) is 0. The summed E-state index contributed by atoms with van der Waals surface area (Å²) in [5.41, 5.74) is 2.11. The van der Waals surface area contributed by atoms with E-state index in [9.17, 15) is 5.11 Å². The topological polar surface area (TPSA) is 32.3 Å². The van der Waals surface area contributed by atoms with Crippen LogP contribution in [0.5, 0.6) is 5.75 Å². The summed E-state index contributed by atoms with van der Waals surface area (Å²) in [6.07, 6.45) is 2.25. The third-order valence-electron chi connectivity index (χ3n) is 3.26. The van der Waals surface area contributed by atoms with Gasteiger partial charge in [-0.25, -0.2) is 0 Å². The van der Waals surface area contributed by atoms with Gasteiger partial charge in [0.15, 0.2) is 0 Å². The molecule has 0 radical (unpaired) electrons. The molecule has 1 aromatic rings. The molecule has 0 amide bonds. The first-order valence-corrected chi connectivity index (χ1v) is 6.07. The van der Waals surface area contributed by atoms with Gasteiger partial charge in [0, 0.05) is 11.1 Å². The first-order chi connectivity index (χ1) is 7.04. The van der Waals surface area contributed by atoms with E-state index >= 15 is 0 Å². The van der Waals surface area contributed by atoms with Crippen molar-refractivity contribution in [1.82, 2.24) is 5.32 Å². The van der Waals surface area contributed by atoms with Crippen molar-refractivity contribution in [1.29, 1.82) is 0 Å². The number of aromatic hydroxyl groups is 1. The molecule has 82 valence electrons. The van der Waals surface area contributed by atoms with Crippen molar-refractivity contribution >= 4 is 15.9 Å². The summed E-state index contributed by atoms with van der Waals surface area (Å²) in [6.45, 7) is 5.24. The van der Waals surface area contributed by atoms with E-state index < -0.39 is 0 Å². The molecule has 1 aliphatic heterocycles. The highest BCUT2D eigenvalue weighted by molar-refractivity contribution is 9.10. The lowest BCUT2D eigenvalue weighted by Gasteiger charge is -2.28. The molecular weight excluding hydrogens is 254 g/mol. The highest BCUT2D eigenvalue weighted by Crippen LogP contribution is 2.41. The Morgan fingerprint density at radius 1 is 1.47 bits per heavy atom. The number of nitrogens with one attached hydrogen (secondary N) is 1. The molecule has 1 saturated heterocycles. The average Bonchev–Trinajstić information content (AvgIpc) is 2.60. The minimum Gasteiger partial charge on any atom is -0.506 e. The summed E-state index contributed by atoms with van der Waals surface area (Å²) in [4.78, 5) is 0. The molecule has 1 fully saturated rings. The fourth-order valence-electron chi connectivity index (χ4n) is 2.47. The molecule has 2 N–H and O–H groups in total. The molecule has 0 spiro atoms. The molecule has 0 saturated carbocycles. The Morgan fingerprint density at radius 3 is 2.80 bits per heavy atom. The Balaban J connectivity index is 2.55. The Hall–Kier alpha value is -0.540. The summed E-state index contributed by atoms with van der Waals surface area (Å²) < 4.78 is 0.776. The molecule has 0 aliphatic carbocycles. The Morgan fingerprint density at radius 2 is 2.20 bits per heavy atom. The van der Waals surface area contributed by atoms with Crippen LogP contribution in [0, 0.1) is 6.92 Å². The number of benzene rings is 1. The average molecular weight is 270 g/mol. The maximum absolute atomic E-state index is 10.1. The number of halogens is 1. The minimum absolute atomic E-state index is 0.0715. The highest BCUT2D eigenvalue weighted by atomic mass is 79.9. The van der Waals surface area contributed by atoms with Gasteiger partial charge in [-0.3, -0.25) is 0 Å². The van der Waals surface area contributed by atoms with Crippen molar-refractivity contribution in [3.63, 3.8) is 0 Å². The van der Waals surface area contributed by atoms with E-state index in [0.717, 1.165) is 28.6 Å². The van der Waals surface area contributed by atoms with Crippen LogP contribution in [-0.2, 0) is 5.54 Å². The molecule has 0 bridgehead atoms. The van der Waals surface area contributed by atoms with Crippen LogP contribution in [-0.4, -0.2) is 11.7 Å². The van der Waals surface area contributed by atoms with Gasteiger partial charge in [-0.2, -0.15) is 0 Å². The van der Waals surface area contributed by atoms with Gasteiger partial charge in [-0.05, 0) is 60.8 Å². The van der Waals surface area contributed by atoms with Gasteiger partial charge in [0.05, 0.1) is 4.47 Å². The second kappa shape index (κ2) is 3.80. The van der Waals surface area contributed by atoms with Crippen LogP contribution in [0.25, 0.3) is 0 Å². The number of hydrogen-bond donors (Lipinski definition) is 2. The molecule has 2 nitrogen and oxygen atoms in total. The maximum atomic E-state index is 10.1. The lowest BCUT2D eigenvalue weighted by Crippen LogP contribution is -2.34. The van der Waals surface area contributed by atoms with Crippen molar-refractivity contribution in [2.45, 2.75) is 32.2 Å². The predicted molar refractivity (Wildman–Crippen MR) is 65.1 cm³/mol. The standard InChI is InChI=1S/C12H16BrNO/c1-8-4-5-9(13)11(15)10(8)12(2)6-3-7-14-12/h4-5,14-15H,3,6-7H2,1-2H3. The Kier molecular flexibility index (Phi) is 2.77. The third kappa shape index (κ3) is 1.79. The first-order valence-electron chi connectivity index (χ1n) is 5.28. The van der Waals surface area contributed by atoms with Crippen LogP contribution in [0.1, 0.15) is 30.9 Å². The summed E-state index contributed by atoms with van der Waals surface area (Å²) in [6, 6.07) is 3.94. The van der Waals surface area contributed by atoms with Crippen molar-refractivity contribution in [3.8, 4) is 5.75 Å². The smallest absolute Gasteiger partial charge is 0.135 e. The van der Waals surface area contributed by atoms with Crippen molar-refractivity contribution < 1.29 is 5.11 Å². The van der Waals surface area contributed by atoms with Crippen LogP contribution in [0.2, 0.25) is 0 Å². The van der Waals surface area contributed by atoms with Gasteiger partial charge in [0.1, 0.15) is 5.75 Å². The Bertz CT molecular complexity index is 383. The largest absolute Gasteiger partial charge is 0.506 e. The number of rotatable bonds is 1.